The largest absolute Gasteiger partial charge is 0.460 e. The second-order valence-electron chi connectivity index (χ2n) is 4.75. The van der Waals surface area contributed by atoms with E-state index < -0.39 is 11.2 Å². The summed E-state index contributed by atoms with van der Waals surface area (Å²) in [6.07, 6.45) is 1.97. The number of esters is 1. The molecule has 1 N–H and O–H groups in total. The first-order valence-electron chi connectivity index (χ1n) is 4.71. The van der Waals surface area contributed by atoms with Gasteiger partial charge in [0.25, 0.3) is 0 Å². The predicted molar refractivity (Wildman–Crippen MR) is 55.9 cm³/mol. The van der Waals surface area contributed by atoms with E-state index in [9.17, 15) is 9.90 Å². The van der Waals surface area contributed by atoms with Crippen molar-refractivity contribution in [2.45, 2.75) is 51.7 Å². The molecule has 82 valence electrons. The van der Waals surface area contributed by atoms with Gasteiger partial charge in [0.2, 0.25) is 0 Å². The fraction of sp³-hybridized carbons (Fsp3) is 0.727. The Balaban J connectivity index is 4.12. The van der Waals surface area contributed by atoms with Gasteiger partial charge >= 0.3 is 5.97 Å². The van der Waals surface area contributed by atoms with Gasteiger partial charge in [0.1, 0.15) is 5.60 Å². The zero-order chi connectivity index (χ0) is 11.4. The van der Waals surface area contributed by atoms with Gasteiger partial charge in [-0.2, -0.15) is 0 Å². The van der Waals surface area contributed by atoms with Crippen molar-refractivity contribution in [3.63, 3.8) is 0 Å². The summed E-state index contributed by atoms with van der Waals surface area (Å²) < 4.78 is 5.09. The number of carbonyl (C=O) groups is 1. The molecule has 0 radical (unpaired) electrons. The summed E-state index contributed by atoms with van der Waals surface area (Å²) in [6.45, 7) is 10.5. The maximum absolute atomic E-state index is 11.3. The third-order valence-electron chi connectivity index (χ3n) is 1.53. The number of aliphatic hydroxyl groups is 1. The first-order chi connectivity index (χ1) is 6.16. The Bertz CT molecular complexity index is 211. The zero-order valence-corrected chi connectivity index (χ0v) is 9.46. The molecule has 0 aliphatic rings. The molecular weight excluding hydrogens is 180 g/mol. The molecule has 0 aliphatic carbocycles. The van der Waals surface area contributed by atoms with E-state index in [4.69, 9.17) is 4.74 Å². The Hall–Kier alpha value is -0.830. The summed E-state index contributed by atoms with van der Waals surface area (Å²) in [4.78, 5) is 11.3. The van der Waals surface area contributed by atoms with Crippen LogP contribution in [0.15, 0.2) is 12.7 Å². The molecule has 0 saturated carbocycles. The normalized spacial score (nSPS) is 15.8. The number of rotatable bonds is 4. The van der Waals surface area contributed by atoms with Crippen molar-refractivity contribution < 1.29 is 14.6 Å². The Morgan fingerprint density at radius 2 is 1.93 bits per heavy atom. The van der Waals surface area contributed by atoms with Crippen molar-refractivity contribution in [2.75, 3.05) is 0 Å². The third-order valence-corrected chi connectivity index (χ3v) is 1.53. The predicted octanol–water partition coefficient (Wildman–Crippen LogP) is 2.05. The van der Waals surface area contributed by atoms with Crippen LogP contribution in [0.5, 0.6) is 0 Å². The van der Waals surface area contributed by atoms with Crippen LogP contribution in [0, 0.1) is 0 Å². The van der Waals surface area contributed by atoms with Crippen molar-refractivity contribution in [1.82, 2.24) is 0 Å². The van der Waals surface area contributed by atoms with E-state index >= 15 is 0 Å². The molecule has 0 saturated heterocycles. The van der Waals surface area contributed by atoms with Gasteiger partial charge in [0, 0.05) is 0 Å². The van der Waals surface area contributed by atoms with Gasteiger partial charge in [-0.25, -0.2) is 0 Å². The lowest BCUT2D eigenvalue weighted by atomic mass is 9.98. The van der Waals surface area contributed by atoms with Crippen LogP contribution in [0.1, 0.15) is 40.5 Å². The summed E-state index contributed by atoms with van der Waals surface area (Å²) in [5, 5.41) is 9.71. The minimum absolute atomic E-state index is 0.00368. The van der Waals surface area contributed by atoms with Crippen LogP contribution in [-0.2, 0) is 9.53 Å². The Labute approximate surface area is 85.8 Å². The summed E-state index contributed by atoms with van der Waals surface area (Å²) >= 11 is 0. The van der Waals surface area contributed by atoms with Crippen LogP contribution in [0.3, 0.4) is 0 Å². The lowest BCUT2D eigenvalue weighted by Gasteiger charge is -2.24. The van der Waals surface area contributed by atoms with E-state index in [1.165, 1.54) is 0 Å². The van der Waals surface area contributed by atoms with Gasteiger partial charge in [-0.1, -0.05) is 6.08 Å². The second kappa shape index (κ2) is 4.60. The van der Waals surface area contributed by atoms with Crippen molar-refractivity contribution in [3.05, 3.63) is 12.7 Å². The Morgan fingerprint density at radius 1 is 1.43 bits per heavy atom. The van der Waals surface area contributed by atoms with E-state index in [-0.39, 0.29) is 12.4 Å². The van der Waals surface area contributed by atoms with E-state index in [0.29, 0.717) is 6.42 Å². The van der Waals surface area contributed by atoms with Gasteiger partial charge in [0.05, 0.1) is 12.0 Å². The highest BCUT2D eigenvalue weighted by Crippen LogP contribution is 2.18. The first-order valence-corrected chi connectivity index (χ1v) is 4.71. The summed E-state index contributed by atoms with van der Waals surface area (Å²) in [5.41, 5.74) is -1.55. The number of carbonyl (C=O) groups excluding carboxylic acids is 1. The van der Waals surface area contributed by atoms with Crippen LogP contribution in [0.2, 0.25) is 0 Å². The summed E-state index contributed by atoms with van der Waals surface area (Å²) in [6, 6.07) is 0. The number of hydrogen-bond acceptors (Lipinski definition) is 3. The summed E-state index contributed by atoms with van der Waals surface area (Å²) in [5.74, 6) is -0.385. The highest BCUT2D eigenvalue weighted by molar-refractivity contribution is 5.71. The fourth-order valence-corrected chi connectivity index (χ4v) is 1.07. The minimum atomic E-state index is -1.05. The Kier molecular flexibility index (Phi) is 4.33. The average Bonchev–Trinajstić information content (AvgIpc) is 1.78. The van der Waals surface area contributed by atoms with Gasteiger partial charge in [0.15, 0.2) is 0 Å². The average molecular weight is 200 g/mol. The van der Waals surface area contributed by atoms with Crippen LogP contribution in [0.4, 0.5) is 0 Å². The van der Waals surface area contributed by atoms with Gasteiger partial charge in [-0.3, -0.25) is 4.79 Å². The van der Waals surface area contributed by atoms with Crippen LogP contribution in [-0.4, -0.2) is 22.3 Å². The molecule has 0 aromatic heterocycles. The number of ether oxygens (including phenoxy) is 1. The topological polar surface area (TPSA) is 46.5 Å². The Morgan fingerprint density at radius 3 is 2.29 bits per heavy atom. The highest BCUT2D eigenvalue weighted by Gasteiger charge is 2.26. The first kappa shape index (κ1) is 13.2. The fourth-order valence-electron chi connectivity index (χ4n) is 1.07. The van der Waals surface area contributed by atoms with Gasteiger partial charge < -0.3 is 9.84 Å². The molecule has 3 heteroatoms. The third kappa shape index (κ3) is 6.66. The number of hydrogen-bond donors (Lipinski definition) is 1. The standard InChI is InChI=1S/C11H20O3/c1-6-7-11(5,13)8-9(12)14-10(2,3)4/h6,13H,1,7-8H2,2-5H3. The molecule has 0 heterocycles. The lowest BCUT2D eigenvalue weighted by molar-refractivity contribution is -0.159. The lowest BCUT2D eigenvalue weighted by Crippen LogP contribution is -2.32. The molecule has 0 aromatic carbocycles. The van der Waals surface area contributed by atoms with E-state index in [1.807, 2.05) is 0 Å². The van der Waals surface area contributed by atoms with Crippen molar-refractivity contribution >= 4 is 5.97 Å². The molecule has 1 unspecified atom stereocenters. The van der Waals surface area contributed by atoms with Gasteiger partial charge in [-0.05, 0) is 34.1 Å². The molecule has 14 heavy (non-hydrogen) atoms. The molecule has 0 aliphatic heterocycles. The van der Waals surface area contributed by atoms with Crippen molar-refractivity contribution in [2.24, 2.45) is 0 Å². The van der Waals surface area contributed by atoms with E-state index in [0.717, 1.165) is 0 Å². The molecule has 0 rings (SSSR count). The molecule has 0 spiro atoms. The summed E-state index contributed by atoms with van der Waals surface area (Å²) in [7, 11) is 0. The second-order valence-corrected chi connectivity index (χ2v) is 4.75. The maximum atomic E-state index is 11.3. The molecule has 3 nitrogen and oxygen atoms in total. The van der Waals surface area contributed by atoms with Crippen molar-refractivity contribution in [3.8, 4) is 0 Å². The van der Waals surface area contributed by atoms with Crippen LogP contribution < -0.4 is 0 Å². The van der Waals surface area contributed by atoms with Gasteiger partial charge in [-0.15, -0.1) is 6.58 Å². The monoisotopic (exact) mass is 200 g/mol. The quantitative estimate of drug-likeness (QED) is 0.558. The highest BCUT2D eigenvalue weighted by atomic mass is 16.6. The minimum Gasteiger partial charge on any atom is -0.460 e. The molecule has 0 bridgehead atoms. The SMILES string of the molecule is C=CCC(C)(O)CC(=O)OC(C)(C)C. The van der Waals surface area contributed by atoms with Crippen molar-refractivity contribution in [1.29, 1.82) is 0 Å². The van der Waals surface area contributed by atoms with Crippen LogP contribution >= 0.6 is 0 Å². The van der Waals surface area contributed by atoms with E-state index in [1.54, 1.807) is 33.8 Å². The molecule has 0 aromatic rings. The smallest absolute Gasteiger partial charge is 0.309 e. The maximum Gasteiger partial charge on any atom is 0.309 e. The molecule has 0 fully saturated rings. The molecular formula is C11H20O3. The van der Waals surface area contributed by atoms with Crippen LogP contribution in [0.25, 0.3) is 0 Å². The van der Waals surface area contributed by atoms with E-state index in [2.05, 4.69) is 6.58 Å². The molecule has 0 amide bonds. The zero-order valence-electron chi connectivity index (χ0n) is 9.46. The molecule has 1 atom stereocenters.